The SMILES string of the molecule is CC(C)C1C[C@H](c2ccccc2)CN1C. The minimum absolute atomic E-state index is 0.739. The van der Waals surface area contributed by atoms with Crippen LogP contribution in [0.3, 0.4) is 0 Å². The van der Waals surface area contributed by atoms with Crippen molar-refractivity contribution in [2.24, 2.45) is 5.92 Å². The molecule has 0 saturated carbocycles. The number of benzene rings is 1. The van der Waals surface area contributed by atoms with Crippen LogP contribution in [-0.2, 0) is 0 Å². The van der Waals surface area contributed by atoms with Crippen LogP contribution in [0.4, 0.5) is 0 Å². The summed E-state index contributed by atoms with van der Waals surface area (Å²) in [7, 11) is 2.26. The Balaban J connectivity index is 2.09. The molecule has 2 rings (SSSR count). The summed E-state index contributed by atoms with van der Waals surface area (Å²) in [5.74, 6) is 1.51. The van der Waals surface area contributed by atoms with Gasteiger partial charge in [0.05, 0.1) is 0 Å². The number of hydrogen-bond acceptors (Lipinski definition) is 1. The predicted octanol–water partition coefficient (Wildman–Crippen LogP) is 3.13. The van der Waals surface area contributed by atoms with Crippen molar-refractivity contribution in [2.75, 3.05) is 13.6 Å². The van der Waals surface area contributed by atoms with Gasteiger partial charge < -0.3 is 4.90 Å². The van der Waals surface area contributed by atoms with E-state index in [0.29, 0.717) is 0 Å². The van der Waals surface area contributed by atoms with Gasteiger partial charge in [-0.2, -0.15) is 0 Å². The molecule has 1 fully saturated rings. The van der Waals surface area contributed by atoms with Crippen molar-refractivity contribution in [1.29, 1.82) is 0 Å². The van der Waals surface area contributed by atoms with Gasteiger partial charge in [-0.05, 0) is 30.9 Å². The Kier molecular flexibility index (Phi) is 3.11. The topological polar surface area (TPSA) is 3.24 Å². The number of rotatable bonds is 2. The highest BCUT2D eigenvalue weighted by molar-refractivity contribution is 5.21. The predicted molar refractivity (Wildman–Crippen MR) is 65.1 cm³/mol. The molecule has 2 atom stereocenters. The molecular formula is C14H21N. The fourth-order valence-corrected chi connectivity index (χ4v) is 2.78. The smallest absolute Gasteiger partial charge is 0.0122 e. The Morgan fingerprint density at radius 2 is 1.87 bits per heavy atom. The number of hydrogen-bond donors (Lipinski definition) is 0. The van der Waals surface area contributed by atoms with Crippen LogP contribution in [0.25, 0.3) is 0 Å². The first kappa shape index (κ1) is 10.7. The summed E-state index contributed by atoms with van der Waals surface area (Å²) >= 11 is 0. The Hall–Kier alpha value is -0.820. The molecule has 0 aliphatic carbocycles. The summed E-state index contributed by atoms with van der Waals surface area (Å²) in [4.78, 5) is 2.52. The number of nitrogens with zero attached hydrogens (tertiary/aromatic N) is 1. The molecule has 1 heteroatoms. The third kappa shape index (κ3) is 2.23. The van der Waals surface area contributed by atoms with Crippen molar-refractivity contribution >= 4 is 0 Å². The van der Waals surface area contributed by atoms with Crippen molar-refractivity contribution < 1.29 is 0 Å². The number of likely N-dealkylation sites (tertiary alicyclic amines) is 1. The molecule has 1 heterocycles. The summed E-state index contributed by atoms with van der Waals surface area (Å²) in [5, 5.41) is 0. The van der Waals surface area contributed by atoms with E-state index in [1.807, 2.05) is 0 Å². The van der Waals surface area contributed by atoms with Gasteiger partial charge in [0.15, 0.2) is 0 Å². The van der Waals surface area contributed by atoms with Crippen molar-refractivity contribution in [2.45, 2.75) is 32.2 Å². The molecule has 82 valence electrons. The molecule has 15 heavy (non-hydrogen) atoms. The van der Waals surface area contributed by atoms with Gasteiger partial charge in [-0.3, -0.25) is 0 Å². The quantitative estimate of drug-likeness (QED) is 0.714. The molecule has 1 aliphatic heterocycles. The largest absolute Gasteiger partial charge is 0.303 e. The van der Waals surface area contributed by atoms with Gasteiger partial charge in [-0.25, -0.2) is 0 Å². The van der Waals surface area contributed by atoms with Crippen LogP contribution < -0.4 is 0 Å². The monoisotopic (exact) mass is 203 g/mol. The minimum atomic E-state index is 0.739. The highest BCUT2D eigenvalue weighted by Crippen LogP contribution is 2.33. The summed E-state index contributed by atoms with van der Waals surface area (Å²) in [5.41, 5.74) is 1.51. The highest BCUT2D eigenvalue weighted by atomic mass is 15.2. The maximum Gasteiger partial charge on any atom is 0.0122 e. The van der Waals surface area contributed by atoms with Gasteiger partial charge in [-0.15, -0.1) is 0 Å². The molecule has 0 radical (unpaired) electrons. The maximum absolute atomic E-state index is 2.52. The molecule has 0 spiro atoms. The average molecular weight is 203 g/mol. The van der Waals surface area contributed by atoms with Crippen molar-refractivity contribution in [3.63, 3.8) is 0 Å². The summed E-state index contributed by atoms with van der Waals surface area (Å²) < 4.78 is 0. The molecule has 0 amide bonds. The van der Waals surface area contributed by atoms with Gasteiger partial charge in [0.25, 0.3) is 0 Å². The first-order valence-corrected chi connectivity index (χ1v) is 5.93. The molecule has 1 aliphatic rings. The first-order chi connectivity index (χ1) is 7.18. The number of likely N-dealkylation sites (N-methyl/N-ethyl adjacent to an activating group) is 1. The summed E-state index contributed by atoms with van der Waals surface area (Å²) in [6, 6.07) is 11.7. The Morgan fingerprint density at radius 1 is 1.20 bits per heavy atom. The first-order valence-electron chi connectivity index (χ1n) is 5.93. The summed E-state index contributed by atoms with van der Waals surface area (Å²) in [6.07, 6.45) is 1.32. The van der Waals surface area contributed by atoms with Crippen LogP contribution in [0.5, 0.6) is 0 Å². The lowest BCUT2D eigenvalue weighted by Crippen LogP contribution is -2.29. The van der Waals surface area contributed by atoms with Gasteiger partial charge in [-0.1, -0.05) is 44.2 Å². The lowest BCUT2D eigenvalue weighted by atomic mass is 9.93. The van der Waals surface area contributed by atoms with E-state index in [4.69, 9.17) is 0 Å². The van der Waals surface area contributed by atoms with Gasteiger partial charge in [0.1, 0.15) is 0 Å². The average Bonchev–Trinajstić information content (AvgIpc) is 2.62. The Bertz CT molecular complexity index is 304. The molecule has 0 N–H and O–H groups in total. The second-order valence-corrected chi connectivity index (χ2v) is 5.09. The van der Waals surface area contributed by atoms with E-state index in [1.165, 1.54) is 18.5 Å². The van der Waals surface area contributed by atoms with E-state index in [2.05, 4.69) is 56.1 Å². The lowest BCUT2D eigenvalue weighted by Gasteiger charge is -2.22. The van der Waals surface area contributed by atoms with Crippen molar-refractivity contribution in [3.05, 3.63) is 35.9 Å². The maximum atomic E-state index is 2.52. The van der Waals surface area contributed by atoms with Crippen molar-refractivity contribution in [1.82, 2.24) is 4.90 Å². The molecule has 1 aromatic rings. The standard InChI is InChI=1S/C14H21N/c1-11(2)14-9-13(10-15(14)3)12-7-5-4-6-8-12/h4-8,11,13-14H,9-10H2,1-3H3/t13-,14?/m0/s1. The van der Waals surface area contributed by atoms with Gasteiger partial charge in [0, 0.05) is 12.6 Å². The molecule has 1 unspecified atom stereocenters. The van der Waals surface area contributed by atoms with E-state index in [1.54, 1.807) is 0 Å². The fraction of sp³-hybridized carbons (Fsp3) is 0.571. The van der Waals surface area contributed by atoms with Crippen LogP contribution in [0, 0.1) is 5.92 Å². The third-order valence-corrected chi connectivity index (χ3v) is 3.64. The van der Waals surface area contributed by atoms with E-state index >= 15 is 0 Å². The van der Waals surface area contributed by atoms with E-state index in [-0.39, 0.29) is 0 Å². The molecule has 0 aromatic heterocycles. The van der Waals surface area contributed by atoms with Crippen molar-refractivity contribution in [3.8, 4) is 0 Å². The normalized spacial score (nSPS) is 27.5. The second kappa shape index (κ2) is 4.36. The van der Waals surface area contributed by atoms with E-state index in [0.717, 1.165) is 17.9 Å². The van der Waals surface area contributed by atoms with Gasteiger partial charge in [0.2, 0.25) is 0 Å². The van der Waals surface area contributed by atoms with Crippen LogP contribution in [-0.4, -0.2) is 24.5 Å². The zero-order chi connectivity index (χ0) is 10.8. The lowest BCUT2D eigenvalue weighted by molar-refractivity contribution is 0.250. The molecular weight excluding hydrogens is 182 g/mol. The van der Waals surface area contributed by atoms with E-state index < -0.39 is 0 Å². The zero-order valence-electron chi connectivity index (χ0n) is 9.98. The molecule has 1 saturated heterocycles. The zero-order valence-corrected chi connectivity index (χ0v) is 9.98. The van der Waals surface area contributed by atoms with Crippen LogP contribution in [0.2, 0.25) is 0 Å². The van der Waals surface area contributed by atoms with Crippen LogP contribution in [0.15, 0.2) is 30.3 Å². The van der Waals surface area contributed by atoms with Crippen LogP contribution >= 0.6 is 0 Å². The van der Waals surface area contributed by atoms with Crippen LogP contribution in [0.1, 0.15) is 31.7 Å². The minimum Gasteiger partial charge on any atom is -0.303 e. The Morgan fingerprint density at radius 3 is 2.40 bits per heavy atom. The van der Waals surface area contributed by atoms with Gasteiger partial charge >= 0.3 is 0 Å². The fourth-order valence-electron chi connectivity index (χ4n) is 2.78. The van der Waals surface area contributed by atoms with E-state index in [9.17, 15) is 0 Å². The molecule has 1 nitrogen and oxygen atoms in total. The highest BCUT2D eigenvalue weighted by Gasteiger charge is 2.31. The second-order valence-electron chi connectivity index (χ2n) is 5.09. The third-order valence-electron chi connectivity index (χ3n) is 3.64. The Labute approximate surface area is 93.1 Å². The molecule has 1 aromatic carbocycles. The summed E-state index contributed by atoms with van der Waals surface area (Å²) in [6.45, 7) is 5.87. The molecule has 0 bridgehead atoms.